The largest absolute Gasteiger partial charge is 0.477 e. The van der Waals surface area contributed by atoms with E-state index in [1.807, 2.05) is 31.5 Å². The normalized spacial score (nSPS) is 18.2. The number of aromatic nitrogens is 4. The van der Waals surface area contributed by atoms with Gasteiger partial charge in [0.2, 0.25) is 0 Å². The number of carboxylic acids is 1. The zero-order valence-corrected chi connectivity index (χ0v) is 34.6. The van der Waals surface area contributed by atoms with Crippen molar-refractivity contribution in [2.75, 3.05) is 36.0 Å². The third-order valence-corrected chi connectivity index (χ3v) is 13.0. The van der Waals surface area contributed by atoms with Gasteiger partial charge in [-0.2, -0.15) is 0 Å². The van der Waals surface area contributed by atoms with E-state index in [0.29, 0.717) is 30.9 Å². The fraction of sp³-hybridized carbons (Fsp3) is 0.619. The van der Waals surface area contributed by atoms with Crippen molar-refractivity contribution in [3.8, 4) is 0 Å². The highest BCUT2D eigenvalue weighted by molar-refractivity contribution is 7.14. The standard InChI is InChI=1S/C21H30N4OS.C15H19N3O2S.C6H13N/c1-16-12-19(20(26)22-17-8-4-2-5-9-17)25(13-16)14-18-15-27-21(23-18)24-10-6-3-7-11-24;1-11-7-13(14(19)20)18(8-11)9-12-10-21-15(16-12)17-5-3-2-4-6-17;7-6-4-2-1-3-5-6/h12-13,15,17H,2-11,14H2,1H3,(H,22,26);7-8,10H,2-6,9H2,1H3,(H,19,20);6H,1-5,7H2. The van der Waals surface area contributed by atoms with Crippen molar-refractivity contribution in [1.82, 2.24) is 24.4 Å². The predicted octanol–water partition coefficient (Wildman–Crippen LogP) is 8.62. The maximum absolute atomic E-state index is 12.8. The summed E-state index contributed by atoms with van der Waals surface area (Å²) in [7, 11) is 0. The average Bonchev–Trinajstić information content (AvgIpc) is 4.02. The molecule has 4 fully saturated rings. The van der Waals surface area contributed by atoms with Crippen molar-refractivity contribution in [3.63, 3.8) is 0 Å². The van der Waals surface area contributed by atoms with Crippen molar-refractivity contribution in [2.24, 2.45) is 5.73 Å². The minimum absolute atomic E-state index is 0.0569. The summed E-state index contributed by atoms with van der Waals surface area (Å²) in [4.78, 5) is 38.3. The van der Waals surface area contributed by atoms with Gasteiger partial charge in [0.15, 0.2) is 10.3 Å². The number of rotatable bonds is 9. The molecule has 11 nitrogen and oxygen atoms in total. The molecular weight excluding hydrogens is 729 g/mol. The van der Waals surface area contributed by atoms with E-state index in [2.05, 4.69) is 36.2 Å². The summed E-state index contributed by atoms with van der Waals surface area (Å²) in [5.41, 5.74) is 10.8. The molecule has 1 amide bonds. The Morgan fingerprint density at radius 2 is 1.13 bits per heavy atom. The van der Waals surface area contributed by atoms with Crippen molar-refractivity contribution in [3.05, 3.63) is 69.2 Å². The van der Waals surface area contributed by atoms with Crippen LogP contribution in [-0.4, -0.2) is 74.3 Å². The first kappa shape index (κ1) is 41.0. The number of thiazole rings is 2. The van der Waals surface area contributed by atoms with Gasteiger partial charge in [-0.3, -0.25) is 4.79 Å². The fourth-order valence-corrected chi connectivity index (χ4v) is 9.87. The second-order valence-electron chi connectivity index (χ2n) is 15.9. The number of amides is 1. The lowest BCUT2D eigenvalue weighted by atomic mass is 9.95. The molecule has 0 unspecified atom stereocenters. The van der Waals surface area contributed by atoms with Crippen LogP contribution in [0.1, 0.15) is 146 Å². The molecule has 0 radical (unpaired) electrons. The monoisotopic (exact) mass is 790 g/mol. The van der Waals surface area contributed by atoms with Crippen molar-refractivity contribution >= 4 is 44.8 Å². The lowest BCUT2D eigenvalue weighted by Crippen LogP contribution is -2.37. The first-order chi connectivity index (χ1) is 26.7. The predicted molar refractivity (Wildman–Crippen MR) is 225 cm³/mol. The molecule has 0 aromatic carbocycles. The molecule has 8 rings (SSSR count). The van der Waals surface area contributed by atoms with Crippen LogP contribution < -0.4 is 20.9 Å². The van der Waals surface area contributed by atoms with Gasteiger partial charge in [-0.05, 0) is 101 Å². The number of nitrogens with two attached hydrogens (primary N) is 1. The second-order valence-corrected chi connectivity index (χ2v) is 17.6. The van der Waals surface area contributed by atoms with Crippen LogP contribution in [0.25, 0.3) is 0 Å². The Morgan fingerprint density at radius 1 is 0.691 bits per heavy atom. The number of hydrogen-bond acceptors (Lipinski definition) is 9. The van der Waals surface area contributed by atoms with Gasteiger partial charge in [0.25, 0.3) is 5.91 Å². The zero-order valence-electron chi connectivity index (χ0n) is 33.0. The summed E-state index contributed by atoms with van der Waals surface area (Å²) in [6, 6.07) is 4.56. The van der Waals surface area contributed by atoms with Crippen LogP contribution in [0.5, 0.6) is 0 Å². The maximum Gasteiger partial charge on any atom is 0.352 e. The molecule has 0 spiro atoms. The zero-order chi connectivity index (χ0) is 38.6. The van der Waals surface area contributed by atoms with Crippen molar-refractivity contribution < 1.29 is 14.7 Å². The van der Waals surface area contributed by atoms with Gasteiger partial charge in [-0.15, -0.1) is 22.7 Å². The molecule has 2 aliphatic carbocycles. The molecule has 0 atom stereocenters. The first-order valence-electron chi connectivity index (χ1n) is 20.7. The fourth-order valence-electron chi connectivity index (χ4n) is 8.13. The smallest absolute Gasteiger partial charge is 0.352 e. The number of nitrogens with one attached hydrogen (secondary N) is 1. The van der Waals surface area contributed by atoms with E-state index in [4.69, 9.17) is 10.7 Å². The third kappa shape index (κ3) is 12.2. The quantitative estimate of drug-likeness (QED) is 0.154. The number of nitrogens with zero attached hydrogens (tertiary/aromatic N) is 6. The number of carbonyl (C=O) groups is 2. The highest BCUT2D eigenvalue weighted by Gasteiger charge is 2.21. The highest BCUT2D eigenvalue weighted by atomic mass is 32.1. The minimum Gasteiger partial charge on any atom is -0.477 e. The molecule has 4 aromatic heterocycles. The van der Waals surface area contributed by atoms with Crippen LogP contribution in [0.15, 0.2) is 35.3 Å². The molecule has 6 heterocycles. The van der Waals surface area contributed by atoms with Gasteiger partial charge in [0.1, 0.15) is 11.4 Å². The van der Waals surface area contributed by atoms with Crippen LogP contribution in [0.2, 0.25) is 0 Å². The molecule has 4 N–H and O–H groups in total. The summed E-state index contributed by atoms with van der Waals surface area (Å²) in [5, 5.41) is 18.8. The van der Waals surface area contributed by atoms with E-state index in [0.717, 1.165) is 77.5 Å². The van der Waals surface area contributed by atoms with E-state index in [9.17, 15) is 14.7 Å². The number of piperidine rings is 2. The van der Waals surface area contributed by atoms with Gasteiger partial charge < -0.3 is 35.1 Å². The molecule has 2 saturated carbocycles. The number of carboxylic acid groups (broad SMARTS) is 1. The SMILES string of the molecule is Cc1cc(C(=O)NC2CCCCC2)n(Cc2csc(N3CCCCC3)n2)c1.Cc1cc(C(=O)O)n(Cc2csc(N3CCCCC3)n2)c1.NC1CCCCC1. The number of anilines is 2. The highest BCUT2D eigenvalue weighted by Crippen LogP contribution is 2.27. The molecular formula is C42H62N8O3S2. The molecule has 0 bridgehead atoms. The molecule has 13 heteroatoms. The maximum atomic E-state index is 12.8. The topological polar surface area (TPSA) is 135 Å². The summed E-state index contributed by atoms with van der Waals surface area (Å²) in [6.07, 6.45) is 24.2. The Kier molecular flexibility index (Phi) is 15.3. The van der Waals surface area contributed by atoms with Gasteiger partial charge in [-0.25, -0.2) is 14.8 Å². The minimum atomic E-state index is -0.894. The van der Waals surface area contributed by atoms with Crippen molar-refractivity contribution in [2.45, 2.75) is 142 Å². The Hall–Kier alpha value is -3.68. The summed E-state index contributed by atoms with van der Waals surface area (Å²) >= 11 is 3.38. The average molecular weight is 791 g/mol. The molecule has 4 aromatic rings. The molecule has 4 aliphatic rings. The van der Waals surface area contributed by atoms with Crippen LogP contribution in [0.4, 0.5) is 10.3 Å². The lowest BCUT2D eigenvalue weighted by molar-refractivity contribution is 0.0685. The molecule has 55 heavy (non-hydrogen) atoms. The van der Waals surface area contributed by atoms with Crippen LogP contribution in [0.3, 0.4) is 0 Å². The number of carbonyl (C=O) groups excluding carboxylic acids is 1. The van der Waals surface area contributed by atoms with Crippen LogP contribution in [-0.2, 0) is 13.1 Å². The second kappa shape index (κ2) is 20.5. The Labute approximate surface area is 335 Å². The Balaban J connectivity index is 0.000000162. The van der Waals surface area contributed by atoms with E-state index >= 15 is 0 Å². The number of aryl methyl sites for hydroxylation is 2. The summed E-state index contributed by atoms with van der Waals surface area (Å²) in [6.45, 7) is 9.52. The molecule has 2 aliphatic heterocycles. The van der Waals surface area contributed by atoms with Gasteiger partial charge in [-0.1, -0.05) is 38.5 Å². The summed E-state index contributed by atoms with van der Waals surface area (Å²) < 4.78 is 3.81. The first-order valence-corrected chi connectivity index (χ1v) is 22.5. The number of aromatic carboxylic acids is 1. The Morgan fingerprint density at radius 3 is 1.58 bits per heavy atom. The lowest BCUT2D eigenvalue weighted by Gasteiger charge is -2.25. The third-order valence-electron chi connectivity index (χ3n) is 11.1. The van der Waals surface area contributed by atoms with E-state index in [1.54, 1.807) is 33.3 Å². The Bertz CT molecular complexity index is 1790. The number of hydrogen-bond donors (Lipinski definition) is 3. The summed E-state index contributed by atoms with van der Waals surface area (Å²) in [5.74, 6) is -0.837. The van der Waals surface area contributed by atoms with Crippen molar-refractivity contribution in [1.29, 1.82) is 0 Å². The van der Waals surface area contributed by atoms with Gasteiger partial charge in [0.05, 0.1) is 24.5 Å². The van der Waals surface area contributed by atoms with E-state index < -0.39 is 5.97 Å². The van der Waals surface area contributed by atoms with Gasteiger partial charge in [0, 0.05) is 61.4 Å². The van der Waals surface area contributed by atoms with Gasteiger partial charge >= 0.3 is 5.97 Å². The molecule has 300 valence electrons. The van der Waals surface area contributed by atoms with Crippen LogP contribution in [0, 0.1) is 13.8 Å². The van der Waals surface area contributed by atoms with Crippen LogP contribution >= 0.6 is 22.7 Å². The molecule has 2 saturated heterocycles. The van der Waals surface area contributed by atoms with E-state index in [1.165, 1.54) is 89.9 Å². The van der Waals surface area contributed by atoms with E-state index in [-0.39, 0.29) is 5.91 Å².